The van der Waals surface area contributed by atoms with Gasteiger partial charge in [-0.3, -0.25) is 14.6 Å². The van der Waals surface area contributed by atoms with E-state index in [4.69, 9.17) is 4.74 Å². The van der Waals surface area contributed by atoms with Crippen molar-refractivity contribution in [3.8, 4) is 0 Å². The predicted octanol–water partition coefficient (Wildman–Crippen LogP) is 1.65. The number of hydrogen-bond acceptors (Lipinski definition) is 5. The van der Waals surface area contributed by atoms with E-state index >= 15 is 0 Å². The molecule has 2 amide bonds. The molecule has 25 heavy (non-hydrogen) atoms. The maximum absolute atomic E-state index is 12.7. The Bertz CT molecular complexity index is 559. The Morgan fingerprint density at radius 3 is 2.76 bits per heavy atom. The van der Waals surface area contributed by atoms with Crippen LogP contribution in [0.15, 0.2) is 18.6 Å². The highest BCUT2D eigenvalue weighted by molar-refractivity contribution is 5.92. The molecule has 1 saturated heterocycles. The molecule has 0 aliphatic carbocycles. The highest BCUT2D eigenvalue weighted by atomic mass is 16.5. The van der Waals surface area contributed by atoms with E-state index in [0.717, 1.165) is 19.4 Å². The number of rotatable bonds is 8. The lowest BCUT2D eigenvalue weighted by atomic mass is 10.1. The van der Waals surface area contributed by atoms with E-state index in [2.05, 4.69) is 29.1 Å². The molecule has 1 N–H and O–H groups in total. The maximum atomic E-state index is 12.7. The summed E-state index contributed by atoms with van der Waals surface area (Å²) in [5.74, 6) is 0.104. The highest BCUT2D eigenvalue weighted by Gasteiger charge is 2.25. The van der Waals surface area contributed by atoms with Crippen molar-refractivity contribution in [1.29, 1.82) is 0 Å². The number of amides is 2. The van der Waals surface area contributed by atoms with Crippen LogP contribution >= 0.6 is 0 Å². The first-order chi connectivity index (χ1) is 12.0. The van der Waals surface area contributed by atoms with Gasteiger partial charge in [0, 0.05) is 44.6 Å². The van der Waals surface area contributed by atoms with Crippen LogP contribution in [0.2, 0.25) is 0 Å². The molecule has 1 fully saturated rings. The number of aromatic nitrogens is 2. The van der Waals surface area contributed by atoms with Gasteiger partial charge >= 0.3 is 0 Å². The fourth-order valence-electron chi connectivity index (χ4n) is 2.61. The van der Waals surface area contributed by atoms with Crippen molar-refractivity contribution in [2.75, 3.05) is 19.7 Å². The molecule has 0 radical (unpaired) electrons. The zero-order valence-corrected chi connectivity index (χ0v) is 15.3. The normalized spacial score (nSPS) is 18.2. The monoisotopic (exact) mass is 348 g/mol. The molecule has 0 saturated carbocycles. The molecule has 2 rings (SSSR count). The van der Waals surface area contributed by atoms with Crippen LogP contribution < -0.4 is 5.32 Å². The fourth-order valence-corrected chi connectivity index (χ4v) is 2.61. The number of hydrogen-bond donors (Lipinski definition) is 1. The van der Waals surface area contributed by atoms with Crippen molar-refractivity contribution in [3.63, 3.8) is 0 Å². The van der Waals surface area contributed by atoms with Crippen molar-refractivity contribution < 1.29 is 14.3 Å². The topological polar surface area (TPSA) is 84.4 Å². The largest absolute Gasteiger partial charge is 0.376 e. The molecule has 7 nitrogen and oxygen atoms in total. The number of carbonyl (C=O) groups excluding carboxylic acids is 2. The summed E-state index contributed by atoms with van der Waals surface area (Å²) in [5.41, 5.74) is 0.288. The molecule has 7 heteroatoms. The third kappa shape index (κ3) is 6.08. The van der Waals surface area contributed by atoms with Gasteiger partial charge in [0.05, 0.1) is 12.3 Å². The van der Waals surface area contributed by atoms with Gasteiger partial charge in [-0.1, -0.05) is 13.8 Å². The molecular weight excluding hydrogens is 320 g/mol. The van der Waals surface area contributed by atoms with Gasteiger partial charge in [-0.05, 0) is 25.7 Å². The summed E-state index contributed by atoms with van der Waals surface area (Å²) in [6, 6.07) is 0.106. The zero-order chi connectivity index (χ0) is 18.2. The van der Waals surface area contributed by atoms with E-state index in [0.29, 0.717) is 19.0 Å². The van der Waals surface area contributed by atoms with Crippen molar-refractivity contribution in [3.05, 3.63) is 24.3 Å². The van der Waals surface area contributed by atoms with Gasteiger partial charge in [0.25, 0.3) is 5.91 Å². The summed E-state index contributed by atoms with van der Waals surface area (Å²) in [5, 5.41) is 2.97. The van der Waals surface area contributed by atoms with Crippen molar-refractivity contribution in [2.24, 2.45) is 5.92 Å². The SMILES string of the molecule is CC(C)C(C)NC(=O)CCN(CC1CCCO1)C(=O)c1cnccn1. The molecule has 138 valence electrons. The number of ether oxygens (including phenoxy) is 1. The second-order valence-electron chi connectivity index (χ2n) is 6.83. The summed E-state index contributed by atoms with van der Waals surface area (Å²) >= 11 is 0. The molecular formula is C18H28N4O3. The van der Waals surface area contributed by atoms with E-state index < -0.39 is 0 Å². The lowest BCUT2D eigenvalue weighted by Crippen LogP contribution is -2.42. The molecule has 1 aliphatic heterocycles. The standard InChI is InChI=1S/C18H28N4O3/c1-13(2)14(3)21-17(23)6-9-22(12-15-5-4-10-25-15)18(24)16-11-19-7-8-20-16/h7-8,11,13-15H,4-6,9-10,12H2,1-3H3,(H,21,23). The molecule has 1 aromatic rings. The minimum absolute atomic E-state index is 0.0262. The van der Waals surface area contributed by atoms with Crippen LogP contribution in [0.3, 0.4) is 0 Å². The third-order valence-corrected chi connectivity index (χ3v) is 4.51. The first-order valence-electron chi connectivity index (χ1n) is 8.93. The van der Waals surface area contributed by atoms with Gasteiger partial charge in [0.15, 0.2) is 0 Å². The van der Waals surface area contributed by atoms with Gasteiger partial charge in [0.1, 0.15) is 5.69 Å². The molecule has 2 unspecified atom stereocenters. The minimum Gasteiger partial charge on any atom is -0.376 e. The van der Waals surface area contributed by atoms with Crippen molar-refractivity contribution >= 4 is 11.8 Å². The predicted molar refractivity (Wildman–Crippen MR) is 94.0 cm³/mol. The van der Waals surface area contributed by atoms with Crippen LogP contribution in [-0.4, -0.2) is 58.5 Å². The second kappa shape index (κ2) is 9.46. The lowest BCUT2D eigenvalue weighted by molar-refractivity contribution is -0.122. The van der Waals surface area contributed by atoms with Gasteiger partial charge in [-0.2, -0.15) is 0 Å². The zero-order valence-electron chi connectivity index (χ0n) is 15.3. The van der Waals surface area contributed by atoms with Crippen molar-refractivity contribution in [2.45, 2.75) is 52.2 Å². The van der Waals surface area contributed by atoms with Crippen LogP contribution in [0.25, 0.3) is 0 Å². The quantitative estimate of drug-likeness (QED) is 0.772. The Morgan fingerprint density at radius 2 is 2.16 bits per heavy atom. The Hall–Kier alpha value is -2.02. The van der Waals surface area contributed by atoms with Crippen molar-refractivity contribution in [1.82, 2.24) is 20.2 Å². The second-order valence-corrected chi connectivity index (χ2v) is 6.83. The molecule has 2 atom stereocenters. The molecule has 0 aromatic carbocycles. The van der Waals surface area contributed by atoms with E-state index in [1.54, 1.807) is 4.90 Å². The Kier molecular flexibility index (Phi) is 7.31. The maximum Gasteiger partial charge on any atom is 0.274 e. The molecule has 1 aromatic heterocycles. The van der Waals surface area contributed by atoms with E-state index in [9.17, 15) is 9.59 Å². The van der Waals surface area contributed by atoms with Crippen LogP contribution in [0.5, 0.6) is 0 Å². The van der Waals surface area contributed by atoms with Gasteiger partial charge in [-0.15, -0.1) is 0 Å². The van der Waals surface area contributed by atoms with Crippen LogP contribution in [-0.2, 0) is 9.53 Å². The average Bonchev–Trinajstić information content (AvgIpc) is 3.11. The Morgan fingerprint density at radius 1 is 1.36 bits per heavy atom. The molecule has 2 heterocycles. The Balaban J connectivity index is 1.96. The van der Waals surface area contributed by atoms with Gasteiger partial charge in [0.2, 0.25) is 5.91 Å². The highest BCUT2D eigenvalue weighted by Crippen LogP contribution is 2.15. The van der Waals surface area contributed by atoms with Gasteiger partial charge < -0.3 is 15.0 Å². The number of carbonyl (C=O) groups is 2. The average molecular weight is 348 g/mol. The number of nitrogens with one attached hydrogen (secondary N) is 1. The molecule has 1 aliphatic rings. The summed E-state index contributed by atoms with van der Waals surface area (Å²) in [6.07, 6.45) is 6.70. The van der Waals surface area contributed by atoms with Gasteiger partial charge in [-0.25, -0.2) is 4.98 Å². The minimum atomic E-state index is -0.215. The van der Waals surface area contributed by atoms with E-state index in [1.165, 1.54) is 18.6 Å². The summed E-state index contributed by atoms with van der Waals surface area (Å²) in [6.45, 7) is 7.65. The summed E-state index contributed by atoms with van der Waals surface area (Å²) in [7, 11) is 0. The van der Waals surface area contributed by atoms with E-state index in [1.807, 2.05) is 6.92 Å². The number of nitrogens with zero attached hydrogens (tertiary/aromatic N) is 3. The fraction of sp³-hybridized carbons (Fsp3) is 0.667. The first-order valence-corrected chi connectivity index (χ1v) is 8.93. The lowest BCUT2D eigenvalue weighted by Gasteiger charge is -2.25. The van der Waals surface area contributed by atoms with E-state index in [-0.39, 0.29) is 36.1 Å². The smallest absolute Gasteiger partial charge is 0.274 e. The molecule has 0 bridgehead atoms. The summed E-state index contributed by atoms with van der Waals surface area (Å²) < 4.78 is 5.64. The Labute approximate surface area is 149 Å². The summed E-state index contributed by atoms with van der Waals surface area (Å²) in [4.78, 5) is 34.5. The van der Waals surface area contributed by atoms with Crippen LogP contribution in [0, 0.1) is 5.92 Å². The molecule has 0 spiro atoms. The third-order valence-electron chi connectivity index (χ3n) is 4.51. The van der Waals surface area contributed by atoms with Crippen LogP contribution in [0.4, 0.5) is 0 Å². The first kappa shape index (κ1) is 19.3. The van der Waals surface area contributed by atoms with Crippen LogP contribution in [0.1, 0.15) is 50.5 Å².